The lowest BCUT2D eigenvalue weighted by Crippen LogP contribution is -2.40. The van der Waals surface area contributed by atoms with Gasteiger partial charge in [-0.3, -0.25) is 4.79 Å². The van der Waals surface area contributed by atoms with Gasteiger partial charge < -0.3 is 19.5 Å². The molecule has 3 rings (SSSR count). The second kappa shape index (κ2) is 11.1. The van der Waals surface area contributed by atoms with E-state index in [9.17, 15) is 18.0 Å². The SMILES string of the molecule is COc1ccc(C(=O)OC(C)C(=O)Nc2cc(Cl)c(Cl)cc2Cl)cc1S(=O)(=O)N1CCOCC1. The average molecular weight is 552 g/mol. The Morgan fingerprint density at radius 2 is 1.71 bits per heavy atom. The maximum absolute atomic E-state index is 13.1. The van der Waals surface area contributed by atoms with E-state index in [0.717, 1.165) is 6.07 Å². The zero-order valence-corrected chi connectivity index (χ0v) is 21.2. The first-order valence-electron chi connectivity index (χ1n) is 9.97. The minimum absolute atomic E-state index is 0.0696. The first kappa shape index (κ1) is 26.5. The Hall–Kier alpha value is -2.08. The second-order valence-electron chi connectivity index (χ2n) is 7.17. The summed E-state index contributed by atoms with van der Waals surface area (Å²) < 4.78 is 43.1. The lowest BCUT2D eigenvalue weighted by Gasteiger charge is -2.26. The van der Waals surface area contributed by atoms with Crippen molar-refractivity contribution >= 4 is 62.4 Å². The molecule has 1 heterocycles. The number of sulfonamides is 1. The quantitative estimate of drug-likeness (QED) is 0.411. The van der Waals surface area contributed by atoms with Crippen LogP contribution in [-0.2, 0) is 24.3 Å². The highest BCUT2D eigenvalue weighted by Crippen LogP contribution is 2.32. The molecular weight excluding hydrogens is 531 g/mol. The first-order valence-corrected chi connectivity index (χ1v) is 12.5. The topological polar surface area (TPSA) is 111 Å². The number of nitrogens with zero attached hydrogens (tertiary/aromatic N) is 1. The van der Waals surface area contributed by atoms with Gasteiger partial charge in [-0.25, -0.2) is 13.2 Å². The normalized spacial score (nSPS) is 15.4. The molecule has 0 saturated carbocycles. The fourth-order valence-electron chi connectivity index (χ4n) is 3.07. The van der Waals surface area contributed by atoms with Crippen LogP contribution < -0.4 is 10.1 Å². The predicted octanol–water partition coefficient (Wildman–Crippen LogP) is 3.86. The number of halogens is 3. The molecule has 0 aromatic heterocycles. The van der Waals surface area contributed by atoms with Crippen LogP contribution in [0.15, 0.2) is 35.2 Å². The number of ether oxygens (including phenoxy) is 3. The summed E-state index contributed by atoms with van der Waals surface area (Å²) in [4.78, 5) is 25.0. The number of esters is 1. The van der Waals surface area contributed by atoms with Gasteiger partial charge in [0.15, 0.2) is 6.10 Å². The van der Waals surface area contributed by atoms with Crippen molar-refractivity contribution in [1.29, 1.82) is 0 Å². The standard InChI is InChI=1S/C21H21Cl3N2O7S/c1-12(20(27)25-17-11-15(23)14(22)10-16(17)24)33-21(28)13-3-4-18(31-2)19(9-13)34(29,30)26-5-7-32-8-6-26/h3-4,9-12H,5-8H2,1-2H3,(H,25,27). The zero-order valence-electron chi connectivity index (χ0n) is 18.1. The van der Waals surface area contributed by atoms with Crippen molar-refractivity contribution in [3.05, 3.63) is 51.0 Å². The Kier molecular flexibility index (Phi) is 8.66. The molecule has 2 aromatic rings. The van der Waals surface area contributed by atoms with Crippen molar-refractivity contribution in [2.24, 2.45) is 0 Å². The largest absolute Gasteiger partial charge is 0.495 e. The van der Waals surface area contributed by atoms with E-state index in [1.165, 1.54) is 42.6 Å². The van der Waals surface area contributed by atoms with E-state index in [-0.39, 0.29) is 63.3 Å². The molecule has 1 amide bonds. The summed E-state index contributed by atoms with van der Waals surface area (Å²) >= 11 is 17.9. The Bertz CT molecular complexity index is 1200. The van der Waals surface area contributed by atoms with Gasteiger partial charge in [0, 0.05) is 13.1 Å². The molecule has 1 saturated heterocycles. The molecule has 13 heteroatoms. The molecular formula is C21H21Cl3N2O7S. The Labute approximate surface area is 211 Å². The number of morpholine rings is 1. The van der Waals surface area contributed by atoms with E-state index in [2.05, 4.69) is 5.32 Å². The van der Waals surface area contributed by atoms with Crippen LogP contribution in [0.25, 0.3) is 0 Å². The number of carbonyl (C=O) groups excluding carboxylic acids is 2. The van der Waals surface area contributed by atoms with Crippen LogP contribution in [0.2, 0.25) is 15.1 Å². The Balaban J connectivity index is 1.77. The number of methoxy groups -OCH3 is 1. The number of benzene rings is 2. The van der Waals surface area contributed by atoms with Gasteiger partial charge >= 0.3 is 5.97 Å². The van der Waals surface area contributed by atoms with Crippen LogP contribution in [-0.4, -0.2) is 64.1 Å². The van der Waals surface area contributed by atoms with Crippen LogP contribution in [0.1, 0.15) is 17.3 Å². The van der Waals surface area contributed by atoms with Crippen molar-refractivity contribution in [1.82, 2.24) is 4.31 Å². The number of nitrogens with one attached hydrogen (secondary N) is 1. The number of carbonyl (C=O) groups is 2. The van der Waals surface area contributed by atoms with Gasteiger partial charge in [-0.05, 0) is 37.3 Å². The smallest absolute Gasteiger partial charge is 0.338 e. The van der Waals surface area contributed by atoms with Crippen molar-refractivity contribution in [2.75, 3.05) is 38.7 Å². The summed E-state index contributed by atoms with van der Waals surface area (Å²) in [6.07, 6.45) is -1.24. The fourth-order valence-corrected chi connectivity index (χ4v) is 5.25. The van der Waals surface area contributed by atoms with Gasteiger partial charge in [0.05, 0.1) is 46.6 Å². The maximum atomic E-state index is 13.1. The van der Waals surface area contributed by atoms with Crippen LogP contribution in [0.4, 0.5) is 5.69 Å². The van der Waals surface area contributed by atoms with E-state index < -0.39 is 28.0 Å². The highest BCUT2D eigenvalue weighted by molar-refractivity contribution is 7.89. The molecule has 1 N–H and O–H groups in total. The van der Waals surface area contributed by atoms with Gasteiger partial charge in [-0.15, -0.1) is 0 Å². The number of hydrogen-bond acceptors (Lipinski definition) is 7. The molecule has 9 nitrogen and oxygen atoms in total. The van der Waals surface area contributed by atoms with E-state index in [1.54, 1.807) is 0 Å². The number of hydrogen-bond donors (Lipinski definition) is 1. The summed E-state index contributed by atoms with van der Waals surface area (Å²) in [6.45, 7) is 2.23. The molecule has 1 fully saturated rings. The summed E-state index contributed by atoms with van der Waals surface area (Å²) in [5.74, 6) is -1.50. The predicted molar refractivity (Wildman–Crippen MR) is 128 cm³/mol. The number of anilines is 1. The maximum Gasteiger partial charge on any atom is 0.338 e. The summed E-state index contributed by atoms with van der Waals surface area (Å²) in [5, 5.41) is 3.05. The summed E-state index contributed by atoms with van der Waals surface area (Å²) in [6, 6.07) is 6.59. The van der Waals surface area contributed by atoms with Gasteiger partial charge in [0.1, 0.15) is 10.6 Å². The van der Waals surface area contributed by atoms with Gasteiger partial charge in [-0.1, -0.05) is 34.8 Å². The van der Waals surface area contributed by atoms with E-state index in [1.807, 2.05) is 0 Å². The highest BCUT2D eigenvalue weighted by Gasteiger charge is 2.31. The molecule has 34 heavy (non-hydrogen) atoms. The summed E-state index contributed by atoms with van der Waals surface area (Å²) in [5.41, 5.74) is 0.118. The zero-order chi connectivity index (χ0) is 25.0. The van der Waals surface area contributed by atoms with E-state index in [0.29, 0.717) is 0 Å². The molecule has 0 aliphatic carbocycles. The molecule has 2 aromatic carbocycles. The highest BCUT2D eigenvalue weighted by atomic mass is 35.5. The minimum Gasteiger partial charge on any atom is -0.495 e. The minimum atomic E-state index is -3.96. The van der Waals surface area contributed by atoms with E-state index >= 15 is 0 Å². The van der Waals surface area contributed by atoms with Gasteiger partial charge in [0.2, 0.25) is 10.0 Å². The van der Waals surface area contributed by atoms with Gasteiger partial charge in [-0.2, -0.15) is 4.31 Å². The molecule has 1 aliphatic rings. The lowest BCUT2D eigenvalue weighted by molar-refractivity contribution is -0.123. The van der Waals surface area contributed by atoms with Crippen molar-refractivity contribution in [3.8, 4) is 5.75 Å². The monoisotopic (exact) mass is 550 g/mol. The molecule has 1 atom stereocenters. The lowest BCUT2D eigenvalue weighted by atomic mass is 10.2. The van der Waals surface area contributed by atoms with E-state index in [4.69, 9.17) is 49.0 Å². The Morgan fingerprint density at radius 1 is 1.06 bits per heavy atom. The van der Waals surface area contributed by atoms with Gasteiger partial charge in [0.25, 0.3) is 5.91 Å². The molecule has 0 spiro atoms. The Morgan fingerprint density at radius 3 is 2.35 bits per heavy atom. The molecule has 184 valence electrons. The first-order chi connectivity index (χ1) is 16.0. The third kappa shape index (κ3) is 5.94. The van der Waals surface area contributed by atoms with Crippen LogP contribution in [0.5, 0.6) is 5.75 Å². The van der Waals surface area contributed by atoms with Crippen LogP contribution in [0.3, 0.4) is 0 Å². The molecule has 1 unspecified atom stereocenters. The van der Waals surface area contributed by atoms with Crippen molar-refractivity contribution < 1.29 is 32.2 Å². The molecule has 0 bridgehead atoms. The van der Waals surface area contributed by atoms with Crippen molar-refractivity contribution in [2.45, 2.75) is 17.9 Å². The fraction of sp³-hybridized carbons (Fsp3) is 0.333. The van der Waals surface area contributed by atoms with Crippen LogP contribution >= 0.6 is 34.8 Å². The molecule has 1 aliphatic heterocycles. The third-order valence-electron chi connectivity index (χ3n) is 4.91. The third-order valence-corrected chi connectivity index (χ3v) is 7.86. The second-order valence-corrected chi connectivity index (χ2v) is 10.3. The van der Waals surface area contributed by atoms with Crippen molar-refractivity contribution in [3.63, 3.8) is 0 Å². The summed E-state index contributed by atoms with van der Waals surface area (Å²) in [7, 11) is -2.63. The van der Waals surface area contributed by atoms with Crippen LogP contribution in [0, 0.1) is 0 Å². The molecule has 0 radical (unpaired) electrons. The average Bonchev–Trinajstić information content (AvgIpc) is 2.82. The number of rotatable bonds is 7. The number of amides is 1.